The third-order valence-electron chi connectivity index (χ3n) is 4.75. The molecule has 1 aliphatic rings. The predicted octanol–water partition coefficient (Wildman–Crippen LogP) is 5.93. The van der Waals surface area contributed by atoms with Crippen molar-refractivity contribution in [3.8, 4) is 0 Å². The van der Waals surface area contributed by atoms with Crippen LogP contribution in [-0.4, -0.2) is 5.78 Å². The first kappa shape index (κ1) is 16.4. The molecule has 0 aliphatic heterocycles. The lowest BCUT2D eigenvalue weighted by Crippen LogP contribution is -2.11. The molecule has 0 heterocycles. The predicted molar refractivity (Wildman–Crippen MR) is 101 cm³/mol. The Balaban J connectivity index is 1.99. The maximum atomic E-state index is 13.2. The van der Waals surface area contributed by atoms with E-state index in [2.05, 4.69) is 43.3 Å². The Bertz CT molecular complexity index is 738. The van der Waals surface area contributed by atoms with Gasteiger partial charge in [-0.05, 0) is 54.9 Å². The van der Waals surface area contributed by atoms with Crippen LogP contribution in [0.25, 0.3) is 12.2 Å². The molecule has 0 spiro atoms. The van der Waals surface area contributed by atoms with Crippen molar-refractivity contribution in [2.24, 2.45) is 5.92 Å². The molecule has 3 rings (SSSR count). The molecular formula is C23H24O. The summed E-state index contributed by atoms with van der Waals surface area (Å²) in [5.74, 6) is 0.589. The summed E-state index contributed by atoms with van der Waals surface area (Å²) in [4.78, 5) is 13.2. The Morgan fingerprint density at radius 2 is 1.50 bits per heavy atom. The van der Waals surface area contributed by atoms with Crippen LogP contribution in [0.15, 0.2) is 71.8 Å². The minimum Gasteiger partial charge on any atom is -0.289 e. The fourth-order valence-corrected chi connectivity index (χ4v) is 3.40. The SMILES string of the molecule is CCC1CCCC(=Cc2ccccc2)C(=O)C1=Cc1ccccc1. The van der Waals surface area contributed by atoms with E-state index in [1.165, 1.54) is 0 Å². The van der Waals surface area contributed by atoms with Gasteiger partial charge in [0.1, 0.15) is 0 Å². The number of hydrogen-bond donors (Lipinski definition) is 0. The summed E-state index contributed by atoms with van der Waals surface area (Å²) in [6.45, 7) is 2.18. The Labute approximate surface area is 144 Å². The Kier molecular flexibility index (Phi) is 5.43. The van der Waals surface area contributed by atoms with Crippen molar-refractivity contribution in [1.29, 1.82) is 0 Å². The summed E-state index contributed by atoms with van der Waals surface area (Å²) in [7, 11) is 0. The monoisotopic (exact) mass is 316 g/mol. The number of ketones is 1. The van der Waals surface area contributed by atoms with Gasteiger partial charge in [-0.2, -0.15) is 0 Å². The number of Topliss-reactive ketones (excluding diaryl/α,β-unsaturated/α-hetero) is 1. The van der Waals surface area contributed by atoms with Crippen LogP contribution in [-0.2, 0) is 4.79 Å². The lowest BCUT2D eigenvalue weighted by Gasteiger charge is -2.15. The lowest BCUT2D eigenvalue weighted by molar-refractivity contribution is -0.112. The first-order chi connectivity index (χ1) is 11.8. The third kappa shape index (κ3) is 3.91. The summed E-state index contributed by atoms with van der Waals surface area (Å²) < 4.78 is 0. The Morgan fingerprint density at radius 3 is 2.08 bits per heavy atom. The number of rotatable bonds is 3. The number of carbonyl (C=O) groups excluding carboxylic acids is 1. The molecule has 1 saturated carbocycles. The Hall–Kier alpha value is -2.41. The van der Waals surface area contributed by atoms with Gasteiger partial charge in [-0.15, -0.1) is 0 Å². The first-order valence-corrected chi connectivity index (χ1v) is 8.85. The highest BCUT2D eigenvalue weighted by Crippen LogP contribution is 2.33. The minimum atomic E-state index is 0.229. The Morgan fingerprint density at radius 1 is 0.917 bits per heavy atom. The van der Waals surface area contributed by atoms with Crippen LogP contribution in [0.4, 0.5) is 0 Å². The average molecular weight is 316 g/mol. The van der Waals surface area contributed by atoms with Crippen molar-refractivity contribution in [1.82, 2.24) is 0 Å². The molecule has 1 atom stereocenters. The average Bonchev–Trinajstić information content (AvgIpc) is 2.77. The van der Waals surface area contributed by atoms with Gasteiger partial charge in [0, 0.05) is 11.1 Å². The van der Waals surface area contributed by atoms with Gasteiger partial charge in [-0.3, -0.25) is 4.79 Å². The van der Waals surface area contributed by atoms with Gasteiger partial charge >= 0.3 is 0 Å². The number of allylic oxidation sites excluding steroid dienone is 2. The smallest absolute Gasteiger partial charge is 0.185 e. The topological polar surface area (TPSA) is 17.1 Å². The van der Waals surface area contributed by atoms with Crippen molar-refractivity contribution < 1.29 is 4.79 Å². The van der Waals surface area contributed by atoms with E-state index < -0.39 is 0 Å². The minimum absolute atomic E-state index is 0.229. The van der Waals surface area contributed by atoms with Gasteiger partial charge in [0.25, 0.3) is 0 Å². The zero-order valence-electron chi connectivity index (χ0n) is 14.2. The van der Waals surface area contributed by atoms with Gasteiger partial charge < -0.3 is 0 Å². The highest BCUT2D eigenvalue weighted by molar-refractivity contribution is 6.13. The second kappa shape index (κ2) is 7.92. The molecule has 2 aromatic carbocycles. The third-order valence-corrected chi connectivity index (χ3v) is 4.75. The van der Waals surface area contributed by atoms with E-state index in [1.54, 1.807) is 0 Å². The summed E-state index contributed by atoms with van der Waals surface area (Å²) >= 11 is 0. The van der Waals surface area contributed by atoms with Crippen LogP contribution in [0.3, 0.4) is 0 Å². The van der Waals surface area contributed by atoms with Gasteiger partial charge in [0.15, 0.2) is 5.78 Å². The first-order valence-electron chi connectivity index (χ1n) is 8.85. The summed E-state index contributed by atoms with van der Waals surface area (Å²) in [6.07, 6.45) is 8.22. The van der Waals surface area contributed by atoms with E-state index in [-0.39, 0.29) is 5.78 Å². The molecule has 0 saturated heterocycles. The fourth-order valence-electron chi connectivity index (χ4n) is 3.40. The van der Waals surface area contributed by atoms with Gasteiger partial charge in [-0.25, -0.2) is 0 Å². The normalized spacial score (nSPS) is 21.9. The molecule has 0 bridgehead atoms. The van der Waals surface area contributed by atoms with Crippen LogP contribution in [0.1, 0.15) is 43.7 Å². The molecule has 1 nitrogen and oxygen atoms in total. The quantitative estimate of drug-likeness (QED) is 0.506. The molecule has 1 unspecified atom stereocenters. The van der Waals surface area contributed by atoms with Crippen LogP contribution < -0.4 is 0 Å². The molecular weight excluding hydrogens is 292 g/mol. The standard InChI is InChI=1S/C23H24O/c1-2-20-14-9-15-21(16-18-10-5-3-6-11-18)23(24)22(20)17-19-12-7-4-8-13-19/h3-8,10-13,16-17,20H,2,9,14-15H2,1H3. The van der Waals surface area contributed by atoms with Crippen LogP contribution >= 0.6 is 0 Å². The molecule has 122 valence electrons. The highest BCUT2D eigenvalue weighted by Gasteiger charge is 2.25. The van der Waals surface area contributed by atoms with Crippen molar-refractivity contribution in [3.05, 3.63) is 82.9 Å². The summed E-state index contributed by atoms with van der Waals surface area (Å²) in [5, 5.41) is 0. The van der Waals surface area contributed by atoms with Crippen molar-refractivity contribution >= 4 is 17.9 Å². The molecule has 0 amide bonds. The van der Waals surface area contributed by atoms with E-state index >= 15 is 0 Å². The summed E-state index contributed by atoms with van der Waals surface area (Å²) in [5.41, 5.74) is 4.14. The maximum Gasteiger partial charge on any atom is 0.185 e. The van der Waals surface area contributed by atoms with Crippen molar-refractivity contribution in [3.63, 3.8) is 0 Å². The molecule has 0 N–H and O–H groups in total. The molecule has 1 fully saturated rings. The van der Waals surface area contributed by atoms with Gasteiger partial charge in [0.05, 0.1) is 0 Å². The summed E-state index contributed by atoms with van der Waals surface area (Å²) in [6, 6.07) is 20.3. The fraction of sp³-hybridized carbons (Fsp3) is 0.261. The number of carbonyl (C=O) groups is 1. The van der Waals surface area contributed by atoms with Crippen molar-refractivity contribution in [2.45, 2.75) is 32.6 Å². The second-order valence-electron chi connectivity index (χ2n) is 6.42. The van der Waals surface area contributed by atoms with E-state index in [4.69, 9.17) is 0 Å². The van der Waals surface area contributed by atoms with E-state index in [9.17, 15) is 4.79 Å². The molecule has 24 heavy (non-hydrogen) atoms. The van der Waals surface area contributed by atoms with Gasteiger partial charge in [0.2, 0.25) is 0 Å². The van der Waals surface area contributed by atoms with Crippen LogP contribution in [0.5, 0.6) is 0 Å². The van der Waals surface area contributed by atoms with E-state index in [1.807, 2.05) is 36.4 Å². The lowest BCUT2D eigenvalue weighted by atomic mass is 9.88. The van der Waals surface area contributed by atoms with Crippen LogP contribution in [0.2, 0.25) is 0 Å². The maximum absolute atomic E-state index is 13.2. The molecule has 1 heteroatoms. The highest BCUT2D eigenvalue weighted by atomic mass is 16.1. The van der Waals surface area contributed by atoms with Crippen molar-refractivity contribution in [2.75, 3.05) is 0 Å². The molecule has 0 radical (unpaired) electrons. The van der Waals surface area contributed by atoms with E-state index in [0.29, 0.717) is 5.92 Å². The largest absolute Gasteiger partial charge is 0.289 e. The molecule has 2 aromatic rings. The number of benzene rings is 2. The van der Waals surface area contributed by atoms with Gasteiger partial charge in [-0.1, -0.05) is 67.6 Å². The molecule has 1 aliphatic carbocycles. The zero-order valence-corrected chi connectivity index (χ0v) is 14.2. The molecule has 0 aromatic heterocycles. The zero-order chi connectivity index (χ0) is 16.8. The van der Waals surface area contributed by atoms with E-state index in [0.717, 1.165) is 48.0 Å². The second-order valence-corrected chi connectivity index (χ2v) is 6.42. The number of hydrogen-bond acceptors (Lipinski definition) is 1. The van der Waals surface area contributed by atoms with Crippen LogP contribution in [0, 0.1) is 5.92 Å².